The Kier molecular flexibility index (Phi) is 4.77. The van der Waals surface area contributed by atoms with Crippen LogP contribution < -0.4 is 15.8 Å². The van der Waals surface area contributed by atoms with Gasteiger partial charge in [-0.3, -0.25) is 15.0 Å². The van der Waals surface area contributed by atoms with Crippen molar-refractivity contribution >= 4 is 29.2 Å². The monoisotopic (exact) mass is 378 g/mol. The molecule has 0 spiro atoms. The lowest BCUT2D eigenvalue weighted by molar-refractivity contribution is -0.140. The zero-order valence-corrected chi connectivity index (χ0v) is 15.2. The lowest BCUT2D eigenvalue weighted by Gasteiger charge is -2.35. The van der Waals surface area contributed by atoms with Crippen molar-refractivity contribution in [3.63, 3.8) is 0 Å². The Morgan fingerprint density at radius 3 is 2.62 bits per heavy atom. The number of hydrogen-bond acceptors (Lipinski definition) is 5. The number of carboxylic acids is 1. The van der Waals surface area contributed by atoms with Crippen molar-refractivity contribution in [2.75, 3.05) is 31.1 Å². The first kappa shape index (κ1) is 17.6. The summed E-state index contributed by atoms with van der Waals surface area (Å²) in [6.45, 7) is 3.02. The van der Waals surface area contributed by atoms with Gasteiger partial charge in [0.15, 0.2) is 0 Å². The van der Waals surface area contributed by atoms with Gasteiger partial charge in [-0.1, -0.05) is 11.6 Å². The second-order valence-electron chi connectivity index (χ2n) is 7.28. The maximum absolute atomic E-state index is 12.9. The van der Waals surface area contributed by atoms with Crippen LogP contribution in [0.3, 0.4) is 0 Å². The van der Waals surface area contributed by atoms with Crippen molar-refractivity contribution in [1.82, 2.24) is 15.8 Å². The second-order valence-corrected chi connectivity index (χ2v) is 7.68. The highest BCUT2D eigenvalue weighted by Crippen LogP contribution is 2.31. The topological polar surface area (TPSA) is 84.9 Å². The minimum atomic E-state index is -0.891. The number of hydrogen-bond donors (Lipinski definition) is 3. The first-order chi connectivity index (χ1) is 12.5. The number of carbonyl (C=O) groups excluding carboxylic acids is 1. The number of carboxylic acid groups (broad SMARTS) is 1. The highest BCUT2D eigenvalue weighted by atomic mass is 35.5. The minimum absolute atomic E-state index is 0.0845. The average molecular weight is 379 g/mol. The number of nitrogens with zero attached hydrogens (tertiary/aromatic N) is 2. The van der Waals surface area contributed by atoms with Gasteiger partial charge in [-0.15, -0.1) is 0 Å². The summed E-state index contributed by atoms with van der Waals surface area (Å²) in [7, 11) is 0. The summed E-state index contributed by atoms with van der Waals surface area (Å²) in [5, 5.41) is 9.93. The van der Waals surface area contributed by atoms with Gasteiger partial charge in [0.2, 0.25) is 0 Å². The molecule has 0 radical (unpaired) electrons. The molecule has 3 atom stereocenters. The van der Waals surface area contributed by atoms with E-state index < -0.39 is 12.0 Å². The fourth-order valence-corrected chi connectivity index (χ4v) is 4.57. The van der Waals surface area contributed by atoms with Crippen LogP contribution in [0.4, 0.5) is 5.69 Å². The van der Waals surface area contributed by atoms with Gasteiger partial charge in [-0.25, -0.2) is 5.43 Å². The van der Waals surface area contributed by atoms with E-state index in [1.165, 1.54) is 12.8 Å². The lowest BCUT2D eigenvalue weighted by Crippen LogP contribution is -2.49. The van der Waals surface area contributed by atoms with Crippen LogP contribution in [0.25, 0.3) is 0 Å². The Morgan fingerprint density at radius 2 is 1.92 bits per heavy atom. The predicted octanol–water partition coefficient (Wildman–Crippen LogP) is 1.33. The van der Waals surface area contributed by atoms with E-state index in [0.29, 0.717) is 23.7 Å². The number of carbonyl (C=O) groups is 2. The molecule has 0 saturated carbocycles. The predicted molar refractivity (Wildman–Crippen MR) is 98.4 cm³/mol. The molecule has 0 bridgehead atoms. The van der Waals surface area contributed by atoms with E-state index in [4.69, 9.17) is 11.6 Å². The smallest absolute Gasteiger partial charge is 0.322 e. The molecule has 1 aromatic carbocycles. The van der Waals surface area contributed by atoms with Crippen LogP contribution >= 0.6 is 11.6 Å². The van der Waals surface area contributed by atoms with E-state index in [1.54, 1.807) is 11.0 Å². The molecule has 1 amide bonds. The third kappa shape index (κ3) is 3.15. The number of likely N-dealkylation sites (tertiary alicyclic amines) is 1. The number of aliphatic carboxylic acids is 1. The molecule has 3 saturated heterocycles. The third-order valence-electron chi connectivity index (χ3n) is 5.71. The highest BCUT2D eigenvalue weighted by molar-refractivity contribution is 6.33. The highest BCUT2D eigenvalue weighted by Gasteiger charge is 2.44. The number of benzene rings is 1. The summed E-state index contributed by atoms with van der Waals surface area (Å²) >= 11 is 6.44. The number of piperidine rings is 1. The van der Waals surface area contributed by atoms with E-state index >= 15 is 0 Å². The molecular formula is C18H23ClN4O3. The number of hydrazine groups is 1. The summed E-state index contributed by atoms with van der Waals surface area (Å²) in [6, 6.07) is 4.90. The van der Waals surface area contributed by atoms with Crippen LogP contribution in [-0.4, -0.2) is 60.1 Å². The van der Waals surface area contributed by atoms with E-state index in [-0.39, 0.29) is 17.9 Å². The van der Waals surface area contributed by atoms with Crippen molar-refractivity contribution in [3.05, 3.63) is 28.8 Å². The summed E-state index contributed by atoms with van der Waals surface area (Å²) in [5.41, 5.74) is 7.41. The molecule has 3 aliphatic heterocycles. The van der Waals surface area contributed by atoms with Gasteiger partial charge in [0.25, 0.3) is 5.91 Å². The summed E-state index contributed by atoms with van der Waals surface area (Å²) in [5.74, 6) is -1.11. The van der Waals surface area contributed by atoms with Crippen LogP contribution in [-0.2, 0) is 4.79 Å². The SMILES string of the molecule is O=C(O)C1NNC2CCN(C(=O)c3ccc(N4CCCC4)c(Cl)c3)CC21. The molecule has 3 heterocycles. The Balaban J connectivity index is 1.49. The van der Waals surface area contributed by atoms with Gasteiger partial charge >= 0.3 is 5.97 Å². The second kappa shape index (κ2) is 7.06. The standard InChI is InChI=1S/C18H23ClN4O3/c19-13-9-11(3-4-15(13)22-6-1-2-7-22)17(24)23-8-5-14-12(10-23)16(18(25)26)21-20-14/h3-4,9,12,14,16,20-21H,1-2,5-8,10H2,(H,25,26). The fourth-order valence-electron chi connectivity index (χ4n) is 4.27. The Bertz CT molecular complexity index is 722. The van der Waals surface area contributed by atoms with Gasteiger partial charge in [-0.05, 0) is 37.5 Å². The Labute approximate surface area is 157 Å². The average Bonchev–Trinajstić information content (AvgIpc) is 3.30. The molecule has 7 nitrogen and oxygen atoms in total. The normalized spacial score (nSPS) is 28.3. The first-order valence-electron chi connectivity index (χ1n) is 9.12. The van der Waals surface area contributed by atoms with Crippen molar-refractivity contribution in [2.45, 2.75) is 31.3 Å². The number of anilines is 1. The van der Waals surface area contributed by atoms with Crippen LogP contribution in [0.5, 0.6) is 0 Å². The van der Waals surface area contributed by atoms with Crippen LogP contribution in [0.1, 0.15) is 29.6 Å². The van der Waals surface area contributed by atoms with Crippen LogP contribution in [0.15, 0.2) is 18.2 Å². The quantitative estimate of drug-likeness (QED) is 0.736. The molecule has 1 aromatic rings. The molecule has 0 aromatic heterocycles. The Hall–Kier alpha value is -1.83. The maximum Gasteiger partial charge on any atom is 0.322 e. The van der Waals surface area contributed by atoms with Gasteiger partial charge in [-0.2, -0.15) is 0 Å². The fraction of sp³-hybridized carbons (Fsp3) is 0.556. The summed E-state index contributed by atoms with van der Waals surface area (Å²) in [6.07, 6.45) is 3.06. The summed E-state index contributed by atoms with van der Waals surface area (Å²) in [4.78, 5) is 28.3. The molecule has 4 rings (SSSR count). The molecule has 26 heavy (non-hydrogen) atoms. The molecule has 3 fully saturated rings. The summed E-state index contributed by atoms with van der Waals surface area (Å²) < 4.78 is 0. The van der Waals surface area contributed by atoms with Crippen molar-refractivity contribution in [2.24, 2.45) is 5.92 Å². The Morgan fingerprint density at radius 1 is 1.15 bits per heavy atom. The van der Waals surface area contributed by atoms with Gasteiger partial charge in [0, 0.05) is 43.7 Å². The zero-order valence-electron chi connectivity index (χ0n) is 14.4. The zero-order chi connectivity index (χ0) is 18.3. The number of rotatable bonds is 3. The van der Waals surface area contributed by atoms with Crippen molar-refractivity contribution in [1.29, 1.82) is 0 Å². The molecule has 0 aliphatic carbocycles. The number of halogens is 1. The van der Waals surface area contributed by atoms with E-state index in [9.17, 15) is 14.7 Å². The van der Waals surface area contributed by atoms with Crippen molar-refractivity contribution < 1.29 is 14.7 Å². The minimum Gasteiger partial charge on any atom is -0.480 e. The van der Waals surface area contributed by atoms with Gasteiger partial charge in [0.1, 0.15) is 6.04 Å². The first-order valence-corrected chi connectivity index (χ1v) is 9.50. The lowest BCUT2D eigenvalue weighted by atomic mass is 9.88. The van der Waals surface area contributed by atoms with Gasteiger partial charge in [0.05, 0.1) is 10.7 Å². The van der Waals surface area contributed by atoms with E-state index in [0.717, 1.165) is 25.2 Å². The van der Waals surface area contributed by atoms with Crippen LogP contribution in [0, 0.1) is 5.92 Å². The third-order valence-corrected chi connectivity index (χ3v) is 6.01. The molecule has 3 N–H and O–H groups in total. The van der Waals surface area contributed by atoms with E-state index in [1.807, 2.05) is 12.1 Å². The largest absolute Gasteiger partial charge is 0.480 e. The molecule has 3 unspecified atom stereocenters. The van der Waals surface area contributed by atoms with Gasteiger partial charge < -0.3 is 14.9 Å². The molecule has 8 heteroatoms. The number of amides is 1. The number of fused-ring (bicyclic) bond motifs is 1. The van der Waals surface area contributed by atoms with E-state index in [2.05, 4.69) is 15.8 Å². The molecule has 3 aliphatic rings. The molecule has 140 valence electrons. The van der Waals surface area contributed by atoms with Crippen molar-refractivity contribution in [3.8, 4) is 0 Å². The number of nitrogens with one attached hydrogen (secondary N) is 2. The maximum atomic E-state index is 12.9. The van der Waals surface area contributed by atoms with Crippen LogP contribution in [0.2, 0.25) is 5.02 Å². The molecular weight excluding hydrogens is 356 g/mol.